The zero-order valence-corrected chi connectivity index (χ0v) is 8.08. The van der Waals surface area contributed by atoms with Crippen molar-refractivity contribution in [1.82, 2.24) is 4.90 Å². The Kier molecular flexibility index (Phi) is 2.17. The van der Waals surface area contributed by atoms with E-state index in [9.17, 15) is 18.4 Å². The van der Waals surface area contributed by atoms with Gasteiger partial charge in [-0.05, 0) is 18.8 Å². The van der Waals surface area contributed by atoms with Crippen LogP contribution in [0.3, 0.4) is 0 Å². The number of hydrogen-bond donors (Lipinski definition) is 1. The number of alkyl halides is 2. The molecule has 0 bridgehead atoms. The first-order valence-corrected chi connectivity index (χ1v) is 4.88. The third-order valence-electron chi connectivity index (χ3n) is 2.84. The number of carbonyl (C=O) groups is 2. The van der Waals surface area contributed by atoms with Crippen molar-refractivity contribution in [1.29, 1.82) is 0 Å². The zero-order chi connectivity index (χ0) is 11.2. The van der Waals surface area contributed by atoms with E-state index in [4.69, 9.17) is 5.73 Å². The van der Waals surface area contributed by atoms with Crippen LogP contribution in [-0.4, -0.2) is 35.2 Å². The van der Waals surface area contributed by atoms with Crippen molar-refractivity contribution in [2.75, 3.05) is 6.54 Å². The molecule has 0 spiro atoms. The fraction of sp³-hybridized carbons (Fsp3) is 0.778. The molecule has 1 aliphatic carbocycles. The number of rotatable bonds is 3. The molecule has 0 unspecified atom stereocenters. The van der Waals surface area contributed by atoms with Crippen LogP contribution in [0.15, 0.2) is 0 Å². The molecule has 1 heterocycles. The maximum absolute atomic E-state index is 12.9. The summed E-state index contributed by atoms with van der Waals surface area (Å²) in [5.74, 6) is -4.34. The lowest BCUT2D eigenvalue weighted by atomic mass is 9.96. The topological polar surface area (TPSA) is 63.4 Å². The Labute approximate surface area is 85.4 Å². The first kappa shape index (κ1) is 10.3. The number of nitrogens with zero attached hydrogens (tertiary/aromatic N) is 1. The van der Waals surface area contributed by atoms with Gasteiger partial charge in [0.2, 0.25) is 11.8 Å². The van der Waals surface area contributed by atoms with E-state index in [1.165, 1.54) is 0 Å². The summed E-state index contributed by atoms with van der Waals surface area (Å²) in [5, 5.41) is 0. The smallest absolute Gasteiger partial charge is 0.294 e. The van der Waals surface area contributed by atoms with Crippen LogP contribution in [0.2, 0.25) is 0 Å². The van der Waals surface area contributed by atoms with E-state index >= 15 is 0 Å². The van der Waals surface area contributed by atoms with Gasteiger partial charge in [-0.25, -0.2) is 8.78 Å². The number of nitrogens with two attached hydrogens (primary N) is 1. The Morgan fingerprint density at radius 1 is 1.40 bits per heavy atom. The normalized spacial score (nSPS) is 28.4. The van der Waals surface area contributed by atoms with E-state index < -0.39 is 24.4 Å². The lowest BCUT2D eigenvalue weighted by Gasteiger charge is -2.45. The second-order valence-electron chi connectivity index (χ2n) is 4.24. The monoisotopic (exact) mass is 218 g/mol. The number of primary amides is 1. The fourth-order valence-electron chi connectivity index (χ4n) is 1.80. The molecule has 6 heteroatoms. The summed E-state index contributed by atoms with van der Waals surface area (Å²) in [6, 6.07) is -1.73. The Balaban J connectivity index is 1.98. The van der Waals surface area contributed by atoms with Gasteiger partial charge in [-0.15, -0.1) is 0 Å². The first-order chi connectivity index (χ1) is 6.92. The molecule has 4 nitrogen and oxygen atoms in total. The summed E-state index contributed by atoms with van der Waals surface area (Å²) in [7, 11) is 0. The molecule has 1 atom stereocenters. The lowest BCUT2D eigenvalue weighted by Crippen LogP contribution is -2.71. The Hall–Kier alpha value is -1.20. The van der Waals surface area contributed by atoms with Crippen molar-refractivity contribution in [2.45, 2.75) is 31.2 Å². The van der Waals surface area contributed by atoms with Crippen molar-refractivity contribution < 1.29 is 18.4 Å². The summed E-state index contributed by atoms with van der Waals surface area (Å²) < 4.78 is 25.8. The van der Waals surface area contributed by atoms with Crippen molar-refractivity contribution in [3.8, 4) is 0 Å². The molecule has 1 saturated carbocycles. The molecular formula is C9H12F2N2O2. The van der Waals surface area contributed by atoms with Crippen LogP contribution in [0.5, 0.6) is 0 Å². The van der Waals surface area contributed by atoms with Gasteiger partial charge in [0, 0.05) is 6.42 Å². The third kappa shape index (κ3) is 1.80. The summed E-state index contributed by atoms with van der Waals surface area (Å²) >= 11 is 0. The quantitative estimate of drug-likeness (QED) is 0.731. The predicted octanol–water partition coefficient (Wildman–Crippen LogP) is 0.118. The van der Waals surface area contributed by atoms with E-state index in [-0.39, 0.29) is 12.3 Å². The molecule has 0 radical (unpaired) electrons. The minimum absolute atomic E-state index is 0.264. The maximum Gasteiger partial charge on any atom is 0.294 e. The Morgan fingerprint density at radius 2 is 2.00 bits per heavy atom. The van der Waals surface area contributed by atoms with Gasteiger partial charge >= 0.3 is 0 Å². The van der Waals surface area contributed by atoms with Crippen molar-refractivity contribution >= 4 is 11.8 Å². The summed E-state index contributed by atoms with van der Waals surface area (Å²) in [5.41, 5.74) is 4.84. The first-order valence-electron chi connectivity index (χ1n) is 4.88. The number of halogens is 2. The largest absolute Gasteiger partial charge is 0.368 e. The maximum atomic E-state index is 12.9. The molecule has 2 amide bonds. The highest BCUT2D eigenvalue weighted by Gasteiger charge is 2.59. The van der Waals surface area contributed by atoms with Crippen LogP contribution in [0.25, 0.3) is 0 Å². The van der Waals surface area contributed by atoms with Crippen molar-refractivity contribution in [3.63, 3.8) is 0 Å². The molecule has 84 valence electrons. The molecular weight excluding hydrogens is 206 g/mol. The predicted molar refractivity (Wildman–Crippen MR) is 47.0 cm³/mol. The molecule has 2 fully saturated rings. The SMILES string of the molecule is NC(=O)[C@H]1N(C(=O)CC2CC2)CC1(F)F. The summed E-state index contributed by atoms with van der Waals surface area (Å²) in [6.45, 7) is -0.674. The average Bonchev–Trinajstić information content (AvgIpc) is 2.82. The van der Waals surface area contributed by atoms with Crippen molar-refractivity contribution in [3.05, 3.63) is 0 Å². The van der Waals surface area contributed by atoms with E-state index in [0.717, 1.165) is 17.7 Å². The number of likely N-dealkylation sites (tertiary alicyclic amines) is 1. The van der Waals surface area contributed by atoms with Gasteiger partial charge in [-0.2, -0.15) is 0 Å². The third-order valence-corrected chi connectivity index (χ3v) is 2.84. The molecule has 0 aromatic carbocycles. The van der Waals surface area contributed by atoms with Gasteiger partial charge in [-0.1, -0.05) is 0 Å². The zero-order valence-electron chi connectivity index (χ0n) is 8.08. The molecule has 0 aromatic rings. The van der Waals surface area contributed by atoms with E-state index in [0.29, 0.717) is 5.92 Å². The van der Waals surface area contributed by atoms with E-state index in [1.807, 2.05) is 0 Å². The molecule has 2 N–H and O–H groups in total. The van der Waals surface area contributed by atoms with Gasteiger partial charge in [0.1, 0.15) is 0 Å². The number of hydrogen-bond acceptors (Lipinski definition) is 2. The van der Waals surface area contributed by atoms with E-state index in [2.05, 4.69) is 0 Å². The lowest BCUT2D eigenvalue weighted by molar-refractivity contribution is -0.196. The van der Waals surface area contributed by atoms with Crippen LogP contribution >= 0.6 is 0 Å². The second kappa shape index (κ2) is 3.15. The molecule has 15 heavy (non-hydrogen) atoms. The van der Waals surface area contributed by atoms with Gasteiger partial charge < -0.3 is 10.6 Å². The molecule has 2 rings (SSSR count). The van der Waals surface area contributed by atoms with Gasteiger partial charge in [0.25, 0.3) is 5.92 Å². The second-order valence-corrected chi connectivity index (χ2v) is 4.24. The van der Waals surface area contributed by atoms with Gasteiger partial charge in [0.05, 0.1) is 6.54 Å². The van der Waals surface area contributed by atoms with Crippen molar-refractivity contribution in [2.24, 2.45) is 11.7 Å². The van der Waals surface area contributed by atoms with Crippen LogP contribution in [0, 0.1) is 5.92 Å². The standard InChI is InChI=1S/C9H12F2N2O2/c10-9(11)4-13(7(9)8(12)15)6(14)3-5-1-2-5/h5,7H,1-4H2,(H2,12,15)/t7-/m1/s1. The minimum atomic E-state index is -3.15. The number of amides is 2. The Morgan fingerprint density at radius 3 is 2.40 bits per heavy atom. The average molecular weight is 218 g/mol. The van der Waals surface area contributed by atoms with Gasteiger partial charge in [-0.3, -0.25) is 9.59 Å². The van der Waals surface area contributed by atoms with E-state index in [1.54, 1.807) is 0 Å². The highest BCUT2D eigenvalue weighted by Crippen LogP contribution is 2.38. The minimum Gasteiger partial charge on any atom is -0.368 e. The van der Waals surface area contributed by atoms with Crippen LogP contribution in [0.1, 0.15) is 19.3 Å². The highest BCUT2D eigenvalue weighted by atomic mass is 19.3. The van der Waals surface area contributed by atoms with Crippen LogP contribution < -0.4 is 5.73 Å². The Bertz CT molecular complexity index is 315. The fourth-order valence-corrected chi connectivity index (χ4v) is 1.80. The molecule has 1 saturated heterocycles. The van der Waals surface area contributed by atoms with Crippen LogP contribution in [0.4, 0.5) is 8.78 Å². The summed E-state index contributed by atoms with van der Waals surface area (Å²) in [4.78, 5) is 23.1. The molecule has 2 aliphatic rings. The molecule has 0 aromatic heterocycles. The molecule has 1 aliphatic heterocycles. The van der Waals surface area contributed by atoms with Crippen LogP contribution in [-0.2, 0) is 9.59 Å². The highest BCUT2D eigenvalue weighted by molar-refractivity contribution is 5.89. The summed E-state index contributed by atoms with van der Waals surface area (Å²) in [6.07, 6.45) is 2.20. The van der Waals surface area contributed by atoms with Gasteiger partial charge in [0.15, 0.2) is 6.04 Å². The number of carbonyl (C=O) groups excluding carboxylic acids is 2.